The highest BCUT2D eigenvalue weighted by Crippen LogP contribution is 2.24. The molecule has 2 N–H and O–H groups in total. The first-order valence-corrected chi connectivity index (χ1v) is 5.46. The number of rotatable bonds is 4. The Morgan fingerprint density at radius 2 is 1.94 bits per heavy atom. The highest BCUT2D eigenvalue weighted by atomic mass is 16.5. The summed E-state index contributed by atoms with van der Waals surface area (Å²) in [6, 6.07) is 3.28. The highest BCUT2D eigenvalue weighted by molar-refractivity contribution is 6.02. The van der Waals surface area contributed by atoms with Crippen LogP contribution in [0.2, 0.25) is 0 Å². The van der Waals surface area contributed by atoms with Crippen molar-refractivity contribution >= 4 is 5.78 Å². The van der Waals surface area contributed by atoms with Gasteiger partial charge < -0.3 is 10.5 Å². The van der Waals surface area contributed by atoms with E-state index in [1.54, 1.807) is 7.11 Å². The molecule has 0 amide bonds. The third-order valence-corrected chi connectivity index (χ3v) is 2.86. The third kappa shape index (κ3) is 2.42. The second-order valence-electron chi connectivity index (χ2n) is 4.02. The van der Waals surface area contributed by atoms with E-state index in [1.807, 2.05) is 32.9 Å². The lowest BCUT2D eigenvalue weighted by Crippen LogP contribution is -2.30. The van der Waals surface area contributed by atoms with E-state index in [-0.39, 0.29) is 5.78 Å². The van der Waals surface area contributed by atoms with Crippen LogP contribution < -0.4 is 10.5 Å². The first-order chi connectivity index (χ1) is 7.51. The molecule has 1 atom stereocenters. The lowest BCUT2D eigenvalue weighted by molar-refractivity contribution is 0.0956. The van der Waals surface area contributed by atoms with Crippen LogP contribution in [0.4, 0.5) is 0 Å². The van der Waals surface area contributed by atoms with Gasteiger partial charge in [-0.3, -0.25) is 4.79 Å². The molecule has 3 nitrogen and oxygen atoms in total. The molecule has 1 unspecified atom stereocenters. The molecule has 0 aliphatic rings. The van der Waals surface area contributed by atoms with Gasteiger partial charge in [0.2, 0.25) is 0 Å². The van der Waals surface area contributed by atoms with Gasteiger partial charge in [-0.15, -0.1) is 0 Å². The summed E-state index contributed by atoms with van der Waals surface area (Å²) in [4.78, 5) is 12.0. The molecular formula is C13H19NO2. The molecule has 0 saturated carbocycles. The van der Waals surface area contributed by atoms with E-state index in [9.17, 15) is 4.79 Å². The van der Waals surface area contributed by atoms with E-state index < -0.39 is 6.04 Å². The Bertz CT molecular complexity index is 399. The Kier molecular flexibility index (Phi) is 4.07. The van der Waals surface area contributed by atoms with Gasteiger partial charge in [0.15, 0.2) is 5.78 Å². The Morgan fingerprint density at radius 1 is 1.38 bits per heavy atom. The summed E-state index contributed by atoms with van der Waals surface area (Å²) in [5.41, 5.74) is 8.52. The minimum Gasteiger partial charge on any atom is -0.496 e. The summed E-state index contributed by atoms with van der Waals surface area (Å²) < 4.78 is 5.22. The van der Waals surface area contributed by atoms with Gasteiger partial charge in [0.1, 0.15) is 5.75 Å². The van der Waals surface area contributed by atoms with Gasteiger partial charge in [-0.1, -0.05) is 6.92 Å². The second-order valence-corrected chi connectivity index (χ2v) is 4.02. The molecule has 16 heavy (non-hydrogen) atoms. The molecule has 0 saturated heterocycles. The molecule has 0 aliphatic carbocycles. The van der Waals surface area contributed by atoms with Crippen LogP contribution in [0.15, 0.2) is 12.1 Å². The quantitative estimate of drug-likeness (QED) is 0.793. The van der Waals surface area contributed by atoms with E-state index >= 15 is 0 Å². The summed E-state index contributed by atoms with van der Waals surface area (Å²) >= 11 is 0. The number of ketones is 1. The molecule has 1 aromatic rings. The molecule has 0 aliphatic heterocycles. The van der Waals surface area contributed by atoms with Crippen LogP contribution in [0.25, 0.3) is 0 Å². The summed E-state index contributed by atoms with van der Waals surface area (Å²) in [5, 5.41) is 0. The standard InChI is InChI=1S/C13H19NO2/c1-5-11(14)13(15)10-6-8(2)9(3)7-12(10)16-4/h6-7,11H,5,14H2,1-4H3. The molecule has 0 heterocycles. The number of nitrogens with two attached hydrogens (primary N) is 1. The van der Waals surface area contributed by atoms with Crippen molar-refractivity contribution in [2.24, 2.45) is 5.73 Å². The summed E-state index contributed by atoms with van der Waals surface area (Å²) in [6.07, 6.45) is 0.634. The van der Waals surface area contributed by atoms with Crippen LogP contribution in [0.3, 0.4) is 0 Å². The number of hydrogen-bond donors (Lipinski definition) is 1. The van der Waals surface area contributed by atoms with Crippen LogP contribution in [0, 0.1) is 13.8 Å². The Labute approximate surface area is 96.6 Å². The maximum atomic E-state index is 12.0. The zero-order valence-electron chi connectivity index (χ0n) is 10.3. The fourth-order valence-corrected chi connectivity index (χ4v) is 1.54. The number of carbonyl (C=O) groups is 1. The van der Waals surface area contributed by atoms with Crippen LogP contribution >= 0.6 is 0 Å². The van der Waals surface area contributed by atoms with E-state index in [0.29, 0.717) is 17.7 Å². The monoisotopic (exact) mass is 221 g/mol. The van der Waals surface area contributed by atoms with E-state index in [4.69, 9.17) is 10.5 Å². The lowest BCUT2D eigenvalue weighted by Gasteiger charge is -2.13. The van der Waals surface area contributed by atoms with Gasteiger partial charge in [0.05, 0.1) is 18.7 Å². The van der Waals surface area contributed by atoms with Crippen molar-refractivity contribution in [2.75, 3.05) is 7.11 Å². The second kappa shape index (κ2) is 5.12. The number of benzene rings is 1. The van der Waals surface area contributed by atoms with Crippen molar-refractivity contribution in [1.82, 2.24) is 0 Å². The molecule has 1 rings (SSSR count). The average molecular weight is 221 g/mol. The average Bonchev–Trinajstić information content (AvgIpc) is 2.30. The fourth-order valence-electron chi connectivity index (χ4n) is 1.54. The molecule has 0 aromatic heterocycles. The summed E-state index contributed by atoms with van der Waals surface area (Å²) in [6.45, 7) is 5.87. The summed E-state index contributed by atoms with van der Waals surface area (Å²) in [5.74, 6) is 0.555. The topological polar surface area (TPSA) is 52.3 Å². The van der Waals surface area contributed by atoms with Crippen LogP contribution in [0.5, 0.6) is 5.75 Å². The van der Waals surface area contributed by atoms with Crippen LogP contribution in [0.1, 0.15) is 34.8 Å². The van der Waals surface area contributed by atoms with Gasteiger partial charge in [-0.05, 0) is 43.5 Å². The Morgan fingerprint density at radius 3 is 2.44 bits per heavy atom. The SMILES string of the molecule is CCC(N)C(=O)c1cc(C)c(C)cc1OC. The van der Waals surface area contributed by atoms with E-state index in [0.717, 1.165) is 11.1 Å². The van der Waals surface area contributed by atoms with E-state index in [1.165, 1.54) is 0 Å². The number of carbonyl (C=O) groups excluding carboxylic acids is 1. The molecule has 0 radical (unpaired) electrons. The zero-order chi connectivity index (χ0) is 12.3. The predicted molar refractivity (Wildman–Crippen MR) is 65.1 cm³/mol. The summed E-state index contributed by atoms with van der Waals surface area (Å²) in [7, 11) is 1.57. The third-order valence-electron chi connectivity index (χ3n) is 2.86. The number of aryl methyl sites for hydroxylation is 2. The van der Waals surface area contributed by atoms with Crippen LogP contribution in [-0.2, 0) is 0 Å². The normalized spacial score (nSPS) is 12.3. The van der Waals surface area contributed by atoms with Gasteiger partial charge >= 0.3 is 0 Å². The highest BCUT2D eigenvalue weighted by Gasteiger charge is 2.18. The molecule has 0 fully saturated rings. The molecule has 0 spiro atoms. The minimum absolute atomic E-state index is 0.0533. The smallest absolute Gasteiger partial charge is 0.183 e. The number of methoxy groups -OCH3 is 1. The van der Waals surface area contributed by atoms with Gasteiger partial charge in [0.25, 0.3) is 0 Å². The minimum atomic E-state index is -0.448. The molecule has 0 bridgehead atoms. The first-order valence-electron chi connectivity index (χ1n) is 5.46. The Hall–Kier alpha value is -1.35. The first kappa shape index (κ1) is 12.7. The molecule has 3 heteroatoms. The maximum Gasteiger partial charge on any atom is 0.183 e. The largest absolute Gasteiger partial charge is 0.496 e. The van der Waals surface area contributed by atoms with Crippen molar-refractivity contribution < 1.29 is 9.53 Å². The molecule has 1 aromatic carbocycles. The number of Topliss-reactive ketones (excluding diaryl/α,β-unsaturated/α-hetero) is 1. The van der Waals surface area contributed by atoms with E-state index in [2.05, 4.69) is 0 Å². The number of ether oxygens (including phenoxy) is 1. The fraction of sp³-hybridized carbons (Fsp3) is 0.462. The number of hydrogen-bond acceptors (Lipinski definition) is 3. The predicted octanol–water partition coefficient (Wildman–Crippen LogP) is 2.23. The Balaban J connectivity index is 3.21. The van der Waals surface area contributed by atoms with Crippen molar-refractivity contribution in [1.29, 1.82) is 0 Å². The zero-order valence-corrected chi connectivity index (χ0v) is 10.3. The van der Waals surface area contributed by atoms with Crippen LogP contribution in [-0.4, -0.2) is 18.9 Å². The van der Waals surface area contributed by atoms with Gasteiger partial charge in [-0.2, -0.15) is 0 Å². The molecular weight excluding hydrogens is 202 g/mol. The van der Waals surface area contributed by atoms with Crippen molar-refractivity contribution in [3.63, 3.8) is 0 Å². The van der Waals surface area contributed by atoms with Crippen molar-refractivity contribution in [3.8, 4) is 5.75 Å². The lowest BCUT2D eigenvalue weighted by atomic mass is 9.98. The van der Waals surface area contributed by atoms with Gasteiger partial charge in [0, 0.05) is 0 Å². The molecule has 88 valence electrons. The van der Waals surface area contributed by atoms with Gasteiger partial charge in [-0.25, -0.2) is 0 Å². The van der Waals surface area contributed by atoms with Crippen molar-refractivity contribution in [3.05, 3.63) is 28.8 Å². The van der Waals surface area contributed by atoms with Crippen molar-refractivity contribution in [2.45, 2.75) is 33.2 Å². The maximum absolute atomic E-state index is 12.0.